The fourth-order valence-electron chi connectivity index (χ4n) is 0.858. The van der Waals surface area contributed by atoms with Gasteiger partial charge >= 0.3 is 0 Å². The van der Waals surface area contributed by atoms with E-state index in [2.05, 4.69) is 4.98 Å². The lowest BCUT2D eigenvalue weighted by molar-refractivity contribution is 0.396. The zero-order chi connectivity index (χ0) is 9.90. The van der Waals surface area contributed by atoms with Gasteiger partial charge in [-0.05, 0) is 6.07 Å². The van der Waals surface area contributed by atoms with Crippen LogP contribution in [0.15, 0.2) is 18.2 Å². The summed E-state index contributed by atoms with van der Waals surface area (Å²) >= 11 is 0. The van der Waals surface area contributed by atoms with E-state index in [9.17, 15) is 8.42 Å². The van der Waals surface area contributed by atoms with Crippen molar-refractivity contribution >= 4 is 10.0 Å². The second kappa shape index (κ2) is 3.71. The number of hydrogen-bond acceptors (Lipinski definition) is 4. The fraction of sp³-hybridized carbons (Fsp3) is 0.286. The van der Waals surface area contributed by atoms with E-state index in [1.165, 1.54) is 7.11 Å². The maximum absolute atomic E-state index is 10.7. The van der Waals surface area contributed by atoms with Crippen molar-refractivity contribution in [2.24, 2.45) is 5.14 Å². The smallest absolute Gasteiger partial charge is 0.214 e. The molecular formula is C7H10N2O3S. The maximum Gasteiger partial charge on any atom is 0.214 e. The summed E-state index contributed by atoms with van der Waals surface area (Å²) in [6.07, 6.45) is 0. The van der Waals surface area contributed by atoms with Crippen LogP contribution in [0, 0.1) is 0 Å². The Morgan fingerprint density at radius 3 is 2.77 bits per heavy atom. The van der Waals surface area contributed by atoms with Gasteiger partial charge < -0.3 is 4.74 Å². The third kappa shape index (κ3) is 3.39. The van der Waals surface area contributed by atoms with E-state index in [4.69, 9.17) is 9.88 Å². The van der Waals surface area contributed by atoms with Crippen LogP contribution >= 0.6 is 0 Å². The summed E-state index contributed by atoms with van der Waals surface area (Å²) in [6, 6.07) is 4.87. The Balaban J connectivity index is 2.90. The first-order valence-electron chi connectivity index (χ1n) is 3.51. The summed E-state index contributed by atoms with van der Waals surface area (Å²) in [5.41, 5.74) is 0.377. The van der Waals surface area contributed by atoms with Crippen LogP contribution in [0.5, 0.6) is 5.88 Å². The Morgan fingerprint density at radius 2 is 2.23 bits per heavy atom. The quantitative estimate of drug-likeness (QED) is 0.740. The Hall–Kier alpha value is -1.14. The van der Waals surface area contributed by atoms with Gasteiger partial charge in [-0.25, -0.2) is 18.5 Å². The zero-order valence-electron chi connectivity index (χ0n) is 7.10. The highest BCUT2D eigenvalue weighted by molar-refractivity contribution is 7.88. The number of nitrogens with two attached hydrogens (primary N) is 1. The molecule has 0 amide bonds. The third-order valence-corrected chi connectivity index (χ3v) is 2.04. The average molecular weight is 202 g/mol. The summed E-state index contributed by atoms with van der Waals surface area (Å²) in [6.45, 7) is 0. The van der Waals surface area contributed by atoms with Crippen LogP contribution < -0.4 is 9.88 Å². The minimum absolute atomic E-state index is 0.274. The summed E-state index contributed by atoms with van der Waals surface area (Å²) in [7, 11) is -2.06. The molecule has 0 spiro atoms. The molecule has 5 nitrogen and oxygen atoms in total. The first-order valence-corrected chi connectivity index (χ1v) is 5.23. The highest BCUT2D eigenvalue weighted by Gasteiger charge is 2.06. The molecule has 0 radical (unpaired) electrons. The van der Waals surface area contributed by atoms with Crippen molar-refractivity contribution in [1.29, 1.82) is 0 Å². The second-order valence-electron chi connectivity index (χ2n) is 2.48. The number of aromatic nitrogens is 1. The van der Waals surface area contributed by atoms with Gasteiger partial charge in [0.05, 0.1) is 12.8 Å². The Bertz CT molecular complexity index is 388. The van der Waals surface area contributed by atoms with Gasteiger partial charge in [-0.3, -0.25) is 0 Å². The topological polar surface area (TPSA) is 82.3 Å². The molecule has 1 rings (SSSR count). The molecular weight excluding hydrogens is 192 g/mol. The van der Waals surface area contributed by atoms with Crippen LogP contribution in [0.25, 0.3) is 0 Å². The van der Waals surface area contributed by atoms with Crippen LogP contribution in [-0.2, 0) is 15.8 Å². The van der Waals surface area contributed by atoms with Crippen molar-refractivity contribution in [3.05, 3.63) is 23.9 Å². The van der Waals surface area contributed by atoms with Crippen molar-refractivity contribution in [3.8, 4) is 5.88 Å². The molecule has 0 aliphatic carbocycles. The lowest BCUT2D eigenvalue weighted by atomic mass is 10.4. The molecule has 13 heavy (non-hydrogen) atoms. The van der Waals surface area contributed by atoms with Crippen LogP contribution in [0.3, 0.4) is 0 Å². The van der Waals surface area contributed by atoms with Gasteiger partial charge in [0.15, 0.2) is 0 Å². The maximum atomic E-state index is 10.7. The van der Waals surface area contributed by atoms with Crippen molar-refractivity contribution < 1.29 is 13.2 Å². The number of ether oxygens (including phenoxy) is 1. The number of sulfonamides is 1. The molecule has 1 aromatic rings. The molecule has 0 saturated carbocycles. The SMILES string of the molecule is COc1cccc(CS(N)(=O)=O)n1. The molecule has 1 aromatic heterocycles. The normalized spacial score (nSPS) is 11.2. The predicted molar refractivity (Wildman–Crippen MR) is 47.6 cm³/mol. The first kappa shape index (κ1) is 9.94. The van der Waals surface area contributed by atoms with E-state index in [-0.39, 0.29) is 5.75 Å². The number of primary sulfonamides is 1. The minimum atomic E-state index is -3.52. The molecule has 0 fully saturated rings. The summed E-state index contributed by atoms with van der Waals surface area (Å²) < 4.78 is 26.2. The molecule has 0 atom stereocenters. The number of hydrogen-bond donors (Lipinski definition) is 1. The van der Waals surface area contributed by atoms with Crippen LogP contribution in [-0.4, -0.2) is 20.5 Å². The minimum Gasteiger partial charge on any atom is -0.481 e. The fourth-order valence-corrected chi connectivity index (χ4v) is 1.43. The Labute approximate surface area is 76.6 Å². The molecule has 0 saturated heterocycles. The summed E-state index contributed by atoms with van der Waals surface area (Å²) in [4.78, 5) is 3.90. The van der Waals surface area contributed by atoms with Crippen molar-refractivity contribution in [2.45, 2.75) is 5.75 Å². The molecule has 0 aliphatic rings. The molecule has 6 heteroatoms. The van der Waals surface area contributed by atoms with E-state index >= 15 is 0 Å². The van der Waals surface area contributed by atoms with Gasteiger partial charge in [0.2, 0.25) is 15.9 Å². The largest absolute Gasteiger partial charge is 0.481 e. The van der Waals surface area contributed by atoms with Gasteiger partial charge in [0.25, 0.3) is 0 Å². The first-order chi connectivity index (χ1) is 6.01. The summed E-state index contributed by atoms with van der Waals surface area (Å²) in [5, 5.41) is 4.85. The van der Waals surface area contributed by atoms with Crippen LogP contribution in [0.1, 0.15) is 5.69 Å². The van der Waals surface area contributed by atoms with Gasteiger partial charge in [0, 0.05) is 6.07 Å². The number of nitrogens with zero attached hydrogens (tertiary/aromatic N) is 1. The van der Waals surface area contributed by atoms with E-state index in [1.54, 1.807) is 18.2 Å². The van der Waals surface area contributed by atoms with Gasteiger partial charge in [-0.2, -0.15) is 0 Å². The van der Waals surface area contributed by atoms with Gasteiger partial charge in [-0.1, -0.05) is 6.07 Å². The monoisotopic (exact) mass is 202 g/mol. The van der Waals surface area contributed by atoms with E-state index in [0.29, 0.717) is 11.6 Å². The number of pyridine rings is 1. The molecule has 0 unspecified atom stereocenters. The molecule has 72 valence electrons. The van der Waals surface area contributed by atoms with Crippen LogP contribution in [0.2, 0.25) is 0 Å². The second-order valence-corrected chi connectivity index (χ2v) is 4.09. The zero-order valence-corrected chi connectivity index (χ0v) is 7.91. The van der Waals surface area contributed by atoms with Crippen LogP contribution in [0.4, 0.5) is 0 Å². The Morgan fingerprint density at radius 1 is 1.54 bits per heavy atom. The van der Waals surface area contributed by atoms with Crippen molar-refractivity contribution in [1.82, 2.24) is 4.98 Å². The van der Waals surface area contributed by atoms with E-state index in [0.717, 1.165) is 0 Å². The van der Waals surface area contributed by atoms with Crippen molar-refractivity contribution in [2.75, 3.05) is 7.11 Å². The highest BCUT2D eigenvalue weighted by atomic mass is 32.2. The summed E-state index contributed by atoms with van der Waals surface area (Å²) in [5.74, 6) is 0.102. The molecule has 0 aromatic carbocycles. The molecule has 1 heterocycles. The highest BCUT2D eigenvalue weighted by Crippen LogP contribution is 2.07. The third-order valence-electron chi connectivity index (χ3n) is 1.34. The number of rotatable bonds is 3. The Kier molecular flexibility index (Phi) is 2.84. The van der Waals surface area contributed by atoms with Gasteiger partial charge in [-0.15, -0.1) is 0 Å². The molecule has 0 bridgehead atoms. The van der Waals surface area contributed by atoms with E-state index < -0.39 is 10.0 Å². The average Bonchev–Trinajstić information content (AvgIpc) is 2.01. The molecule has 0 aliphatic heterocycles. The standard InChI is InChI=1S/C7H10N2O3S/c1-12-7-4-2-3-6(9-7)5-13(8,10)11/h2-4H,5H2,1H3,(H2,8,10,11). The van der Waals surface area contributed by atoms with Crippen molar-refractivity contribution in [3.63, 3.8) is 0 Å². The lowest BCUT2D eigenvalue weighted by Gasteiger charge is -2.01. The molecule has 2 N–H and O–H groups in total. The predicted octanol–water partition coefficient (Wildman–Crippen LogP) is -0.121. The lowest BCUT2D eigenvalue weighted by Crippen LogP contribution is -2.15. The number of methoxy groups -OCH3 is 1. The van der Waals surface area contributed by atoms with E-state index in [1.807, 2.05) is 0 Å². The van der Waals surface area contributed by atoms with Gasteiger partial charge in [0.1, 0.15) is 5.75 Å².